The van der Waals surface area contributed by atoms with Crippen molar-refractivity contribution in [3.8, 4) is 17.2 Å². The number of halogens is 1. The third-order valence-corrected chi connectivity index (χ3v) is 5.20. The Labute approximate surface area is 206 Å². The molecule has 3 aromatic rings. The number of methoxy groups -OCH3 is 1. The standard InChI is InChI=1S/C24H25FN6O5/c1-24(2)22(33)30-16-9-13(5-7-17(16)36-24)28-21-15(25)11-27-23(31-21)29-14-6-8-18(34-4)19(10-14)35-12-20(32)26-3/h5-11H,12H2,1-4H3,(H,26,32)(H,30,33)(H2,27,28,29,31). The van der Waals surface area contributed by atoms with E-state index in [9.17, 15) is 14.0 Å². The number of fused-ring (bicyclic) bond motifs is 1. The Morgan fingerprint density at radius 1 is 1.14 bits per heavy atom. The predicted molar refractivity (Wildman–Crippen MR) is 131 cm³/mol. The van der Waals surface area contributed by atoms with E-state index in [-0.39, 0.29) is 30.2 Å². The molecule has 0 radical (unpaired) electrons. The fourth-order valence-electron chi connectivity index (χ4n) is 3.25. The lowest BCUT2D eigenvalue weighted by Crippen LogP contribution is -2.45. The van der Waals surface area contributed by atoms with Gasteiger partial charge in [0, 0.05) is 24.5 Å². The fourth-order valence-corrected chi connectivity index (χ4v) is 3.25. The maximum atomic E-state index is 14.5. The third-order valence-electron chi connectivity index (χ3n) is 5.20. The van der Waals surface area contributed by atoms with E-state index in [0.717, 1.165) is 6.20 Å². The molecule has 2 heterocycles. The average molecular weight is 496 g/mol. The van der Waals surface area contributed by atoms with E-state index >= 15 is 0 Å². The molecule has 1 aliphatic heterocycles. The Morgan fingerprint density at radius 2 is 1.89 bits per heavy atom. The first-order chi connectivity index (χ1) is 17.2. The average Bonchev–Trinajstić information content (AvgIpc) is 2.85. The van der Waals surface area contributed by atoms with Crippen molar-refractivity contribution < 1.29 is 28.2 Å². The molecule has 1 aromatic heterocycles. The zero-order chi connectivity index (χ0) is 25.9. The fraction of sp³-hybridized carbons (Fsp3) is 0.250. The molecule has 0 fully saturated rings. The van der Waals surface area contributed by atoms with E-state index in [2.05, 4.69) is 31.2 Å². The van der Waals surface area contributed by atoms with Crippen molar-refractivity contribution >= 4 is 40.6 Å². The molecule has 11 nitrogen and oxygen atoms in total. The Bertz CT molecular complexity index is 1320. The van der Waals surface area contributed by atoms with Crippen molar-refractivity contribution in [2.75, 3.05) is 36.7 Å². The van der Waals surface area contributed by atoms with Gasteiger partial charge in [-0.15, -0.1) is 0 Å². The summed E-state index contributed by atoms with van der Waals surface area (Å²) in [5.74, 6) is 0.0218. The van der Waals surface area contributed by atoms with Crippen LogP contribution in [-0.2, 0) is 9.59 Å². The largest absolute Gasteiger partial charge is 0.493 e. The van der Waals surface area contributed by atoms with E-state index in [0.29, 0.717) is 34.3 Å². The minimum Gasteiger partial charge on any atom is -0.493 e. The molecule has 0 saturated heterocycles. The number of rotatable bonds is 8. The molecule has 0 saturated carbocycles. The molecule has 2 amide bonds. The summed E-state index contributed by atoms with van der Waals surface area (Å²) >= 11 is 0. The van der Waals surface area contributed by atoms with Crippen molar-refractivity contribution in [1.82, 2.24) is 15.3 Å². The smallest absolute Gasteiger partial charge is 0.268 e. The van der Waals surface area contributed by atoms with Crippen LogP contribution in [0.5, 0.6) is 17.2 Å². The molecule has 188 valence electrons. The number of likely N-dealkylation sites (N-methyl/N-ethyl adjacent to an activating group) is 1. The molecular formula is C24H25FN6O5. The number of ether oxygens (including phenoxy) is 3. The van der Waals surface area contributed by atoms with Crippen LogP contribution in [0.2, 0.25) is 0 Å². The zero-order valence-electron chi connectivity index (χ0n) is 20.1. The molecular weight excluding hydrogens is 471 g/mol. The summed E-state index contributed by atoms with van der Waals surface area (Å²) in [5, 5.41) is 11.1. The van der Waals surface area contributed by atoms with Crippen LogP contribution in [0, 0.1) is 5.82 Å². The Kier molecular flexibility index (Phi) is 6.77. The Balaban J connectivity index is 1.52. The first kappa shape index (κ1) is 24.5. The van der Waals surface area contributed by atoms with Crippen LogP contribution in [0.3, 0.4) is 0 Å². The summed E-state index contributed by atoms with van der Waals surface area (Å²) in [4.78, 5) is 31.9. The van der Waals surface area contributed by atoms with E-state index in [1.807, 2.05) is 0 Å². The maximum absolute atomic E-state index is 14.5. The number of benzene rings is 2. The second-order valence-electron chi connectivity index (χ2n) is 8.25. The first-order valence-electron chi connectivity index (χ1n) is 10.9. The predicted octanol–water partition coefficient (Wildman–Crippen LogP) is 3.35. The zero-order valence-corrected chi connectivity index (χ0v) is 20.1. The number of hydrogen-bond acceptors (Lipinski definition) is 9. The van der Waals surface area contributed by atoms with E-state index in [1.54, 1.807) is 50.2 Å². The SMILES string of the molecule is CNC(=O)COc1cc(Nc2ncc(F)c(Nc3ccc4c(c3)NC(=O)C(C)(C)O4)n2)ccc1OC. The Hall–Kier alpha value is -4.61. The molecule has 0 unspecified atom stereocenters. The molecule has 0 spiro atoms. The molecule has 4 N–H and O–H groups in total. The van der Waals surface area contributed by atoms with Crippen molar-refractivity contribution in [1.29, 1.82) is 0 Å². The number of hydrogen-bond donors (Lipinski definition) is 4. The van der Waals surface area contributed by atoms with Crippen LogP contribution in [0.25, 0.3) is 0 Å². The molecule has 0 bridgehead atoms. The van der Waals surface area contributed by atoms with Gasteiger partial charge in [-0.05, 0) is 44.2 Å². The van der Waals surface area contributed by atoms with Crippen LogP contribution in [0.1, 0.15) is 13.8 Å². The number of carbonyl (C=O) groups is 2. The van der Waals surface area contributed by atoms with Gasteiger partial charge < -0.3 is 35.5 Å². The highest BCUT2D eigenvalue weighted by atomic mass is 19.1. The van der Waals surface area contributed by atoms with Crippen molar-refractivity contribution in [2.24, 2.45) is 0 Å². The first-order valence-corrected chi connectivity index (χ1v) is 10.9. The molecule has 12 heteroatoms. The number of nitrogens with one attached hydrogen (secondary N) is 4. The number of anilines is 5. The molecule has 1 aliphatic rings. The van der Waals surface area contributed by atoms with Gasteiger partial charge in [-0.3, -0.25) is 9.59 Å². The van der Waals surface area contributed by atoms with Crippen molar-refractivity contribution in [2.45, 2.75) is 19.4 Å². The van der Waals surface area contributed by atoms with E-state index < -0.39 is 11.4 Å². The van der Waals surface area contributed by atoms with Gasteiger partial charge in [0.2, 0.25) is 5.95 Å². The van der Waals surface area contributed by atoms with Crippen molar-refractivity contribution in [3.63, 3.8) is 0 Å². The second-order valence-corrected chi connectivity index (χ2v) is 8.25. The summed E-state index contributed by atoms with van der Waals surface area (Å²) in [6, 6.07) is 9.93. The highest BCUT2D eigenvalue weighted by Gasteiger charge is 2.35. The van der Waals surface area contributed by atoms with Crippen LogP contribution in [-0.4, -0.2) is 48.1 Å². The van der Waals surface area contributed by atoms with Crippen LogP contribution in [0.4, 0.5) is 33.2 Å². The minimum atomic E-state index is -0.990. The lowest BCUT2D eigenvalue weighted by Gasteiger charge is -2.31. The summed E-state index contributed by atoms with van der Waals surface area (Å²) in [6.45, 7) is 3.14. The highest BCUT2D eigenvalue weighted by Crippen LogP contribution is 2.36. The van der Waals surface area contributed by atoms with Crippen molar-refractivity contribution in [3.05, 3.63) is 48.4 Å². The van der Waals surface area contributed by atoms with Gasteiger partial charge in [-0.25, -0.2) is 9.37 Å². The summed E-state index contributed by atoms with van der Waals surface area (Å²) < 4.78 is 31.0. The van der Waals surface area contributed by atoms with E-state index in [1.165, 1.54) is 14.2 Å². The van der Waals surface area contributed by atoms with Gasteiger partial charge in [-0.1, -0.05) is 0 Å². The molecule has 36 heavy (non-hydrogen) atoms. The van der Waals surface area contributed by atoms with E-state index in [4.69, 9.17) is 14.2 Å². The highest BCUT2D eigenvalue weighted by molar-refractivity contribution is 6.00. The Morgan fingerprint density at radius 3 is 2.64 bits per heavy atom. The van der Waals surface area contributed by atoms with Crippen LogP contribution in [0.15, 0.2) is 42.6 Å². The summed E-state index contributed by atoms with van der Waals surface area (Å²) in [5.41, 5.74) is 0.474. The summed E-state index contributed by atoms with van der Waals surface area (Å²) in [7, 11) is 2.99. The third kappa shape index (κ3) is 5.37. The lowest BCUT2D eigenvalue weighted by molar-refractivity contribution is -0.129. The second kappa shape index (κ2) is 9.94. The van der Waals surface area contributed by atoms with Gasteiger partial charge in [0.05, 0.1) is 19.0 Å². The monoisotopic (exact) mass is 496 g/mol. The molecule has 0 aliphatic carbocycles. The maximum Gasteiger partial charge on any atom is 0.268 e. The van der Waals surface area contributed by atoms with Gasteiger partial charge in [-0.2, -0.15) is 4.98 Å². The number of carbonyl (C=O) groups excluding carboxylic acids is 2. The van der Waals surface area contributed by atoms with Crippen LogP contribution < -0.4 is 35.5 Å². The number of aromatic nitrogens is 2. The number of nitrogens with zero attached hydrogens (tertiary/aromatic N) is 2. The number of amides is 2. The normalized spacial score (nSPS) is 13.5. The van der Waals surface area contributed by atoms with Gasteiger partial charge in [0.1, 0.15) is 5.75 Å². The molecule has 2 aromatic carbocycles. The van der Waals surface area contributed by atoms with Gasteiger partial charge >= 0.3 is 0 Å². The lowest BCUT2D eigenvalue weighted by atomic mass is 10.1. The molecule has 0 atom stereocenters. The molecule has 4 rings (SSSR count). The topological polar surface area (TPSA) is 136 Å². The quantitative estimate of drug-likeness (QED) is 0.370. The van der Waals surface area contributed by atoms with Gasteiger partial charge in [0.15, 0.2) is 35.3 Å². The minimum absolute atomic E-state index is 0.0829. The van der Waals surface area contributed by atoms with Gasteiger partial charge in [0.25, 0.3) is 11.8 Å². The van der Waals surface area contributed by atoms with Crippen LogP contribution >= 0.6 is 0 Å². The summed E-state index contributed by atoms with van der Waals surface area (Å²) in [6.07, 6.45) is 1.02.